The van der Waals surface area contributed by atoms with Gasteiger partial charge in [0.05, 0.1) is 5.25 Å². The van der Waals surface area contributed by atoms with E-state index in [2.05, 4.69) is 10.6 Å². The molecule has 2 aromatic rings. The van der Waals surface area contributed by atoms with Crippen LogP contribution in [0.3, 0.4) is 0 Å². The molecule has 4 nitrogen and oxygen atoms in total. The quantitative estimate of drug-likeness (QED) is 0.739. The van der Waals surface area contributed by atoms with E-state index in [1.807, 2.05) is 19.1 Å². The lowest BCUT2D eigenvalue weighted by Gasteiger charge is -2.12. The van der Waals surface area contributed by atoms with Gasteiger partial charge in [-0.1, -0.05) is 11.6 Å². The van der Waals surface area contributed by atoms with Crippen molar-refractivity contribution in [1.29, 1.82) is 0 Å². The number of anilines is 1. The van der Waals surface area contributed by atoms with Crippen LogP contribution < -0.4 is 10.6 Å². The van der Waals surface area contributed by atoms with Crippen LogP contribution in [-0.2, 0) is 4.79 Å². The molecule has 1 saturated carbocycles. The Kier molecular flexibility index (Phi) is 5.66. The fourth-order valence-electron chi connectivity index (χ4n) is 2.22. The molecule has 0 radical (unpaired) electrons. The average Bonchev–Trinajstić information content (AvgIpc) is 3.41. The Labute approximate surface area is 156 Å². The van der Waals surface area contributed by atoms with Crippen LogP contribution in [0.25, 0.3) is 0 Å². The smallest absolute Gasteiger partial charge is 0.251 e. The van der Waals surface area contributed by atoms with E-state index in [9.17, 15) is 9.59 Å². The number of benzene rings is 2. The Morgan fingerprint density at radius 3 is 2.32 bits per heavy atom. The van der Waals surface area contributed by atoms with Crippen molar-refractivity contribution in [2.75, 3.05) is 5.32 Å². The van der Waals surface area contributed by atoms with E-state index < -0.39 is 0 Å². The number of thioether (sulfide) groups is 1. The van der Waals surface area contributed by atoms with Gasteiger partial charge in [0.25, 0.3) is 5.91 Å². The van der Waals surface area contributed by atoms with Crippen LogP contribution in [0.4, 0.5) is 5.69 Å². The molecule has 25 heavy (non-hydrogen) atoms. The van der Waals surface area contributed by atoms with Gasteiger partial charge in [-0.3, -0.25) is 9.59 Å². The number of carbonyl (C=O) groups is 2. The van der Waals surface area contributed by atoms with Crippen molar-refractivity contribution in [2.45, 2.75) is 36.0 Å². The molecule has 130 valence electrons. The van der Waals surface area contributed by atoms with Crippen molar-refractivity contribution in [3.63, 3.8) is 0 Å². The lowest BCUT2D eigenvalue weighted by Crippen LogP contribution is -2.25. The van der Waals surface area contributed by atoms with Crippen molar-refractivity contribution in [1.82, 2.24) is 5.32 Å². The van der Waals surface area contributed by atoms with E-state index in [-0.39, 0.29) is 17.1 Å². The first-order valence-corrected chi connectivity index (χ1v) is 9.41. The van der Waals surface area contributed by atoms with E-state index in [0.717, 1.165) is 17.7 Å². The zero-order valence-electron chi connectivity index (χ0n) is 13.8. The Morgan fingerprint density at radius 2 is 1.72 bits per heavy atom. The highest BCUT2D eigenvalue weighted by molar-refractivity contribution is 8.00. The normalized spacial score (nSPS) is 14.6. The molecule has 2 N–H and O–H groups in total. The summed E-state index contributed by atoms with van der Waals surface area (Å²) in [5.74, 6) is -0.151. The van der Waals surface area contributed by atoms with Crippen LogP contribution in [0.1, 0.15) is 30.1 Å². The van der Waals surface area contributed by atoms with E-state index in [0.29, 0.717) is 22.3 Å². The summed E-state index contributed by atoms with van der Waals surface area (Å²) >= 11 is 7.33. The maximum atomic E-state index is 12.3. The minimum atomic E-state index is -0.251. The third-order valence-corrected chi connectivity index (χ3v) is 5.19. The third-order valence-electron chi connectivity index (χ3n) is 3.82. The zero-order valence-corrected chi connectivity index (χ0v) is 15.4. The van der Waals surface area contributed by atoms with Crippen LogP contribution in [-0.4, -0.2) is 23.1 Å². The Bertz CT molecular complexity index is 758. The fourth-order valence-corrected chi connectivity index (χ4v) is 3.21. The van der Waals surface area contributed by atoms with Crippen molar-refractivity contribution in [3.8, 4) is 0 Å². The molecule has 1 atom stereocenters. The van der Waals surface area contributed by atoms with Crippen molar-refractivity contribution < 1.29 is 9.59 Å². The summed E-state index contributed by atoms with van der Waals surface area (Å²) in [6.45, 7) is 1.85. The Morgan fingerprint density at radius 1 is 1.08 bits per heavy atom. The van der Waals surface area contributed by atoms with Gasteiger partial charge in [-0.2, -0.15) is 0 Å². The molecule has 3 rings (SSSR count). The number of carbonyl (C=O) groups excluding carboxylic acids is 2. The molecule has 6 heteroatoms. The minimum Gasteiger partial charge on any atom is -0.349 e. The van der Waals surface area contributed by atoms with Crippen LogP contribution in [0.5, 0.6) is 0 Å². The third kappa shape index (κ3) is 5.25. The molecule has 2 aromatic carbocycles. The molecular weight excluding hydrogens is 356 g/mol. The van der Waals surface area contributed by atoms with Gasteiger partial charge in [-0.05, 0) is 68.3 Å². The molecule has 0 saturated heterocycles. The minimum absolute atomic E-state index is 0.0629. The highest BCUT2D eigenvalue weighted by Crippen LogP contribution is 2.25. The molecule has 0 aromatic heterocycles. The summed E-state index contributed by atoms with van der Waals surface area (Å²) in [5.41, 5.74) is 1.28. The number of hydrogen-bond donors (Lipinski definition) is 2. The van der Waals surface area contributed by atoms with E-state index >= 15 is 0 Å². The van der Waals surface area contributed by atoms with Crippen LogP contribution in [0, 0.1) is 0 Å². The summed E-state index contributed by atoms with van der Waals surface area (Å²) in [5, 5.41) is 6.24. The molecule has 1 aliphatic carbocycles. The molecule has 0 aliphatic heterocycles. The molecule has 0 bridgehead atoms. The summed E-state index contributed by atoms with van der Waals surface area (Å²) in [7, 11) is 0. The maximum Gasteiger partial charge on any atom is 0.251 e. The molecule has 0 heterocycles. The van der Waals surface area contributed by atoms with Gasteiger partial charge in [0, 0.05) is 27.2 Å². The van der Waals surface area contributed by atoms with Crippen LogP contribution in [0.15, 0.2) is 53.4 Å². The second-order valence-corrected chi connectivity index (χ2v) is 7.88. The fraction of sp³-hybridized carbons (Fsp3) is 0.263. The SMILES string of the molecule is C[C@H](Sc1ccc(Cl)cc1)C(=O)Nc1ccc(C(=O)NC2CC2)cc1. The standard InChI is InChI=1S/C19H19ClN2O2S/c1-12(25-17-10-4-14(20)5-11-17)18(23)21-15-6-2-13(3-7-15)19(24)22-16-8-9-16/h2-7,10-12,16H,8-9H2,1H3,(H,21,23)(H,22,24)/t12-/m0/s1. The Hall–Kier alpha value is -1.98. The van der Waals surface area contributed by atoms with Crippen molar-refractivity contribution in [2.24, 2.45) is 0 Å². The first-order chi connectivity index (χ1) is 12.0. The maximum absolute atomic E-state index is 12.3. The highest BCUT2D eigenvalue weighted by atomic mass is 35.5. The summed E-state index contributed by atoms with van der Waals surface area (Å²) in [4.78, 5) is 25.3. The molecule has 1 aliphatic rings. The van der Waals surface area contributed by atoms with E-state index in [1.54, 1.807) is 36.4 Å². The van der Waals surface area contributed by atoms with Gasteiger partial charge in [-0.25, -0.2) is 0 Å². The van der Waals surface area contributed by atoms with Gasteiger partial charge < -0.3 is 10.6 Å². The molecule has 0 spiro atoms. The van der Waals surface area contributed by atoms with Gasteiger partial charge in [0.1, 0.15) is 0 Å². The average molecular weight is 375 g/mol. The predicted octanol–water partition coefficient (Wildman–Crippen LogP) is 4.35. The van der Waals surface area contributed by atoms with E-state index in [1.165, 1.54) is 11.8 Å². The highest BCUT2D eigenvalue weighted by Gasteiger charge is 2.23. The number of rotatable bonds is 6. The lowest BCUT2D eigenvalue weighted by molar-refractivity contribution is -0.115. The number of amides is 2. The predicted molar refractivity (Wildman–Crippen MR) is 102 cm³/mol. The monoisotopic (exact) mass is 374 g/mol. The van der Waals surface area contributed by atoms with Crippen molar-refractivity contribution >= 4 is 40.9 Å². The molecule has 2 amide bonds. The summed E-state index contributed by atoms with van der Waals surface area (Å²) in [6.07, 6.45) is 2.12. The van der Waals surface area contributed by atoms with Gasteiger partial charge >= 0.3 is 0 Å². The number of hydrogen-bond acceptors (Lipinski definition) is 3. The van der Waals surface area contributed by atoms with Gasteiger partial charge in [-0.15, -0.1) is 11.8 Å². The topological polar surface area (TPSA) is 58.2 Å². The van der Waals surface area contributed by atoms with Gasteiger partial charge in [0.15, 0.2) is 0 Å². The number of halogens is 1. The first-order valence-electron chi connectivity index (χ1n) is 8.15. The second kappa shape index (κ2) is 7.93. The van der Waals surface area contributed by atoms with Crippen LogP contribution in [0.2, 0.25) is 5.02 Å². The number of nitrogens with one attached hydrogen (secondary N) is 2. The van der Waals surface area contributed by atoms with Crippen LogP contribution >= 0.6 is 23.4 Å². The second-order valence-electron chi connectivity index (χ2n) is 6.03. The molecule has 1 fully saturated rings. The Balaban J connectivity index is 1.54. The summed E-state index contributed by atoms with van der Waals surface area (Å²) in [6, 6.07) is 14.7. The first kappa shape index (κ1) is 17.8. The largest absolute Gasteiger partial charge is 0.349 e. The summed E-state index contributed by atoms with van der Waals surface area (Å²) < 4.78 is 0. The van der Waals surface area contributed by atoms with Crippen molar-refractivity contribution in [3.05, 3.63) is 59.1 Å². The molecular formula is C19H19ClN2O2S. The zero-order chi connectivity index (χ0) is 17.8. The molecule has 0 unspecified atom stereocenters. The lowest BCUT2D eigenvalue weighted by atomic mass is 10.2. The van der Waals surface area contributed by atoms with E-state index in [4.69, 9.17) is 11.6 Å². The van der Waals surface area contributed by atoms with Gasteiger partial charge in [0.2, 0.25) is 5.91 Å².